The monoisotopic (exact) mass is 374 g/mol. The van der Waals surface area contributed by atoms with E-state index >= 15 is 0 Å². The number of anilines is 1. The molecule has 0 bridgehead atoms. The molecule has 0 atom stereocenters. The van der Waals surface area contributed by atoms with E-state index < -0.39 is 0 Å². The molecular formula is C18H22N4O5. The summed E-state index contributed by atoms with van der Waals surface area (Å²) in [4.78, 5) is 38.2. The zero-order valence-corrected chi connectivity index (χ0v) is 15.3. The molecule has 1 fully saturated rings. The number of carbonyl (C=O) groups excluding carboxylic acids is 3. The van der Waals surface area contributed by atoms with Gasteiger partial charge < -0.3 is 24.5 Å². The van der Waals surface area contributed by atoms with Crippen LogP contribution in [0.1, 0.15) is 34.7 Å². The number of likely N-dealkylation sites (tertiary alicyclic amines) is 1. The maximum absolute atomic E-state index is 12.3. The molecule has 2 aromatic rings. The summed E-state index contributed by atoms with van der Waals surface area (Å²) < 4.78 is 10.0. The van der Waals surface area contributed by atoms with E-state index in [4.69, 9.17) is 8.94 Å². The maximum Gasteiger partial charge on any atom is 0.255 e. The van der Waals surface area contributed by atoms with Crippen LogP contribution >= 0.6 is 0 Å². The Morgan fingerprint density at radius 3 is 2.59 bits per heavy atom. The Morgan fingerprint density at radius 1 is 1.26 bits per heavy atom. The molecule has 0 aliphatic carbocycles. The van der Waals surface area contributed by atoms with Gasteiger partial charge in [-0.1, -0.05) is 5.16 Å². The highest BCUT2D eigenvalue weighted by molar-refractivity contribution is 5.97. The highest BCUT2D eigenvalue weighted by atomic mass is 16.5. The fraction of sp³-hybridized carbons (Fsp3) is 0.444. The number of carbonyl (C=O) groups is 3. The first kappa shape index (κ1) is 18.7. The third-order valence-electron chi connectivity index (χ3n) is 4.60. The van der Waals surface area contributed by atoms with Crippen molar-refractivity contribution in [1.29, 1.82) is 0 Å². The molecule has 2 aromatic heterocycles. The van der Waals surface area contributed by atoms with E-state index in [0.29, 0.717) is 48.8 Å². The molecule has 0 spiro atoms. The summed E-state index contributed by atoms with van der Waals surface area (Å²) in [6.07, 6.45) is 2.55. The smallest absolute Gasteiger partial charge is 0.255 e. The maximum atomic E-state index is 12.3. The molecule has 1 aliphatic heterocycles. The first-order valence-electron chi connectivity index (χ1n) is 8.78. The van der Waals surface area contributed by atoms with Gasteiger partial charge in [0.25, 0.3) is 5.91 Å². The Labute approximate surface area is 156 Å². The Kier molecular flexibility index (Phi) is 5.58. The lowest BCUT2D eigenvalue weighted by molar-refractivity contribution is -0.133. The van der Waals surface area contributed by atoms with Crippen molar-refractivity contribution in [3.63, 3.8) is 0 Å². The number of furan rings is 1. The number of hydrogen-bond acceptors (Lipinski definition) is 6. The predicted molar refractivity (Wildman–Crippen MR) is 95.0 cm³/mol. The van der Waals surface area contributed by atoms with Crippen LogP contribution in [0.25, 0.3) is 0 Å². The molecule has 3 heterocycles. The first-order chi connectivity index (χ1) is 12.9. The molecule has 144 valence electrons. The number of rotatable bonds is 5. The summed E-state index contributed by atoms with van der Waals surface area (Å²) in [5.74, 6) is 0.705. The van der Waals surface area contributed by atoms with Crippen LogP contribution in [0.2, 0.25) is 0 Å². The molecule has 0 aromatic carbocycles. The average Bonchev–Trinajstić information content (AvgIpc) is 3.27. The Morgan fingerprint density at radius 2 is 2.00 bits per heavy atom. The Bertz CT molecular complexity index is 832. The van der Waals surface area contributed by atoms with Gasteiger partial charge in [0, 0.05) is 25.1 Å². The average molecular weight is 374 g/mol. The molecule has 9 heteroatoms. The van der Waals surface area contributed by atoms with Crippen LogP contribution in [0.5, 0.6) is 0 Å². The first-order valence-corrected chi connectivity index (χ1v) is 8.78. The van der Waals surface area contributed by atoms with Crippen molar-refractivity contribution >= 4 is 23.5 Å². The number of nitrogens with one attached hydrogen (secondary N) is 2. The molecular weight excluding hydrogens is 352 g/mol. The van der Waals surface area contributed by atoms with E-state index in [0.717, 1.165) is 0 Å². The molecule has 2 N–H and O–H groups in total. The second kappa shape index (κ2) is 8.07. The van der Waals surface area contributed by atoms with Gasteiger partial charge in [0.1, 0.15) is 11.5 Å². The lowest BCUT2D eigenvalue weighted by Crippen LogP contribution is -2.45. The van der Waals surface area contributed by atoms with Crippen molar-refractivity contribution < 1.29 is 23.3 Å². The molecule has 0 radical (unpaired) electrons. The third kappa shape index (κ3) is 4.55. The molecule has 3 rings (SSSR count). The summed E-state index contributed by atoms with van der Waals surface area (Å²) >= 11 is 0. The second-order valence-electron chi connectivity index (χ2n) is 6.54. The fourth-order valence-electron chi connectivity index (χ4n) is 3.03. The van der Waals surface area contributed by atoms with Crippen LogP contribution in [0.15, 0.2) is 27.3 Å². The van der Waals surface area contributed by atoms with Crippen LogP contribution < -0.4 is 10.6 Å². The number of hydrogen-bond donors (Lipinski definition) is 2. The van der Waals surface area contributed by atoms with Gasteiger partial charge in [-0.05, 0) is 32.8 Å². The van der Waals surface area contributed by atoms with Gasteiger partial charge in [0.05, 0.1) is 18.4 Å². The molecule has 9 nitrogen and oxygen atoms in total. The Hall–Kier alpha value is -3.10. The quantitative estimate of drug-likeness (QED) is 0.819. The molecule has 1 aliphatic rings. The number of amides is 3. The Balaban J connectivity index is 1.43. The summed E-state index contributed by atoms with van der Waals surface area (Å²) in [6.45, 7) is 4.29. The van der Waals surface area contributed by atoms with Crippen molar-refractivity contribution in [3.05, 3.63) is 35.5 Å². The number of aromatic nitrogens is 1. The summed E-state index contributed by atoms with van der Waals surface area (Å²) in [5, 5.41) is 9.07. The van der Waals surface area contributed by atoms with Gasteiger partial charge in [-0.25, -0.2) is 0 Å². The minimum atomic E-state index is -0.341. The van der Waals surface area contributed by atoms with Crippen molar-refractivity contribution in [2.45, 2.75) is 26.7 Å². The van der Waals surface area contributed by atoms with Gasteiger partial charge in [0.15, 0.2) is 5.82 Å². The van der Waals surface area contributed by atoms with Crippen molar-refractivity contribution in [2.75, 3.05) is 25.0 Å². The SMILES string of the molecule is Cc1cc(NC(=O)C2CCN(C(=O)CNC(=O)c3ccoc3C)CC2)no1. The van der Waals surface area contributed by atoms with E-state index in [1.54, 1.807) is 30.9 Å². The topological polar surface area (TPSA) is 118 Å². The van der Waals surface area contributed by atoms with Gasteiger partial charge in [-0.2, -0.15) is 0 Å². The minimum Gasteiger partial charge on any atom is -0.469 e. The molecule has 27 heavy (non-hydrogen) atoms. The zero-order chi connectivity index (χ0) is 19.4. The number of piperidine rings is 1. The highest BCUT2D eigenvalue weighted by Crippen LogP contribution is 2.19. The molecule has 3 amide bonds. The van der Waals surface area contributed by atoms with Gasteiger partial charge in [-0.3, -0.25) is 14.4 Å². The van der Waals surface area contributed by atoms with E-state index in [-0.39, 0.29) is 30.2 Å². The van der Waals surface area contributed by atoms with Crippen LogP contribution in [0, 0.1) is 19.8 Å². The van der Waals surface area contributed by atoms with Gasteiger partial charge in [0.2, 0.25) is 11.8 Å². The fourth-order valence-corrected chi connectivity index (χ4v) is 3.03. The second-order valence-corrected chi connectivity index (χ2v) is 6.54. The number of aryl methyl sites for hydroxylation is 2. The molecule has 0 saturated carbocycles. The largest absolute Gasteiger partial charge is 0.469 e. The van der Waals surface area contributed by atoms with E-state index in [9.17, 15) is 14.4 Å². The van der Waals surface area contributed by atoms with Crippen LogP contribution in [0.3, 0.4) is 0 Å². The standard InChI is InChI=1S/C18H22N4O5/c1-11-9-15(21-27-11)20-17(24)13-3-6-22(7-4-13)16(23)10-19-18(25)14-5-8-26-12(14)2/h5,8-9,13H,3-4,6-7,10H2,1-2H3,(H,19,25)(H,20,21,24). The van der Waals surface area contributed by atoms with Crippen LogP contribution in [-0.4, -0.2) is 47.4 Å². The lowest BCUT2D eigenvalue weighted by atomic mass is 9.96. The molecule has 0 unspecified atom stereocenters. The summed E-state index contributed by atoms with van der Waals surface area (Å²) in [7, 11) is 0. The van der Waals surface area contributed by atoms with Gasteiger partial charge >= 0.3 is 0 Å². The van der Waals surface area contributed by atoms with E-state index in [1.165, 1.54) is 6.26 Å². The number of nitrogens with zero attached hydrogens (tertiary/aromatic N) is 2. The normalized spacial score (nSPS) is 14.8. The van der Waals surface area contributed by atoms with E-state index in [2.05, 4.69) is 15.8 Å². The summed E-state index contributed by atoms with van der Waals surface area (Å²) in [6, 6.07) is 3.22. The van der Waals surface area contributed by atoms with Crippen LogP contribution in [0.4, 0.5) is 5.82 Å². The van der Waals surface area contributed by atoms with Crippen molar-refractivity contribution in [1.82, 2.24) is 15.4 Å². The predicted octanol–water partition coefficient (Wildman–Crippen LogP) is 1.49. The van der Waals surface area contributed by atoms with Crippen LogP contribution in [-0.2, 0) is 9.59 Å². The molecule has 1 saturated heterocycles. The van der Waals surface area contributed by atoms with Crippen molar-refractivity contribution in [2.24, 2.45) is 5.92 Å². The third-order valence-corrected chi connectivity index (χ3v) is 4.60. The summed E-state index contributed by atoms with van der Waals surface area (Å²) in [5.41, 5.74) is 0.418. The van der Waals surface area contributed by atoms with Crippen molar-refractivity contribution in [3.8, 4) is 0 Å². The minimum absolute atomic E-state index is 0.0848. The highest BCUT2D eigenvalue weighted by Gasteiger charge is 2.28. The van der Waals surface area contributed by atoms with E-state index in [1.807, 2.05) is 0 Å². The van der Waals surface area contributed by atoms with Gasteiger partial charge in [-0.15, -0.1) is 0 Å². The zero-order valence-electron chi connectivity index (χ0n) is 15.3. The lowest BCUT2D eigenvalue weighted by Gasteiger charge is -2.31.